The molecule has 2 aromatic rings. The van der Waals surface area contributed by atoms with Gasteiger partial charge in [-0.05, 0) is 83.2 Å². The number of hydrogen-bond donors (Lipinski definition) is 1. The van der Waals surface area contributed by atoms with Gasteiger partial charge < -0.3 is 20.3 Å². The number of alkyl halides is 1. The van der Waals surface area contributed by atoms with Crippen LogP contribution in [0.1, 0.15) is 56.3 Å². The second-order valence-corrected chi connectivity index (χ2v) is 10.6. The lowest BCUT2D eigenvalue weighted by Crippen LogP contribution is -2.50. The quantitative estimate of drug-likeness (QED) is 0.577. The molecule has 0 spiro atoms. The van der Waals surface area contributed by atoms with E-state index in [0.29, 0.717) is 43.6 Å². The molecule has 0 bridgehead atoms. The van der Waals surface area contributed by atoms with E-state index < -0.39 is 29.3 Å². The number of nitrogens with zero attached hydrogens (tertiary/aromatic N) is 4. The molecule has 4 rings (SSSR count). The molecule has 2 N–H and O–H groups in total. The maximum absolute atomic E-state index is 15.0. The van der Waals surface area contributed by atoms with E-state index in [1.54, 1.807) is 13.8 Å². The third-order valence-corrected chi connectivity index (χ3v) is 6.99. The normalized spacial score (nSPS) is 19.6. The molecule has 37 heavy (non-hydrogen) atoms. The minimum Gasteiger partial charge on any atom is -0.476 e. The molecule has 0 unspecified atom stereocenters. The largest absolute Gasteiger partial charge is 0.476 e. The molecule has 200 valence electrons. The topological polar surface area (TPSA) is 102 Å². The molecule has 3 heterocycles. The first-order chi connectivity index (χ1) is 17.6. The van der Waals surface area contributed by atoms with Crippen molar-refractivity contribution in [2.75, 3.05) is 32.8 Å². The number of amides is 2. The van der Waals surface area contributed by atoms with Crippen LogP contribution in [0.15, 0.2) is 30.6 Å². The maximum atomic E-state index is 15.0. The highest BCUT2D eigenvalue weighted by Gasteiger charge is 2.31. The smallest absolute Gasteiger partial charge is 0.254 e. The highest BCUT2D eigenvalue weighted by molar-refractivity contribution is 5.97. The average molecular weight is 516 g/mol. The van der Waals surface area contributed by atoms with Crippen LogP contribution in [0.4, 0.5) is 8.78 Å². The van der Waals surface area contributed by atoms with Crippen molar-refractivity contribution >= 4 is 11.8 Å². The SMILES string of the molecule is CC(C)(F)CN1CCC(COc2cnc(-c3ccc(C(=O)N4CCCC[C@@H]4C(N)=O)cc3F)cn2)CC1. The van der Waals surface area contributed by atoms with E-state index >= 15 is 0 Å². The summed E-state index contributed by atoms with van der Waals surface area (Å²) in [6.07, 6.45) is 6.86. The van der Waals surface area contributed by atoms with Crippen LogP contribution >= 0.6 is 0 Å². The number of primary amides is 1. The number of likely N-dealkylation sites (tertiary alicyclic amines) is 2. The zero-order valence-electron chi connectivity index (χ0n) is 21.5. The average Bonchev–Trinajstić information content (AvgIpc) is 2.87. The summed E-state index contributed by atoms with van der Waals surface area (Å²) in [5, 5.41) is 0. The number of aromatic nitrogens is 2. The van der Waals surface area contributed by atoms with E-state index in [1.807, 2.05) is 0 Å². The second kappa shape index (κ2) is 11.5. The number of piperidine rings is 2. The predicted molar refractivity (Wildman–Crippen MR) is 135 cm³/mol. The molecular formula is C27H35F2N5O3. The van der Waals surface area contributed by atoms with Crippen molar-refractivity contribution in [3.05, 3.63) is 42.0 Å². The molecule has 0 aliphatic carbocycles. The van der Waals surface area contributed by atoms with E-state index in [-0.39, 0.29) is 11.1 Å². The standard InChI is InChI=1S/C27H35F2N5O3/c1-27(2,29)17-33-11-8-18(9-12-33)16-37-24-15-31-22(14-32-24)20-7-6-19(13-21(20)28)26(36)34-10-4-3-5-23(34)25(30)35/h6-7,13-15,18,23H,3-5,8-12,16-17H2,1-2H3,(H2,30,35)/t23-/m1/s1. The Labute approximate surface area is 216 Å². The first kappa shape index (κ1) is 26.9. The molecule has 2 fully saturated rings. The van der Waals surface area contributed by atoms with Gasteiger partial charge in [-0.3, -0.25) is 9.59 Å². The van der Waals surface area contributed by atoms with Gasteiger partial charge in [-0.25, -0.2) is 18.7 Å². The van der Waals surface area contributed by atoms with Crippen molar-refractivity contribution in [2.45, 2.75) is 57.7 Å². The number of rotatable bonds is 8. The van der Waals surface area contributed by atoms with E-state index in [1.165, 1.54) is 29.4 Å². The van der Waals surface area contributed by atoms with Gasteiger partial charge in [0.15, 0.2) is 0 Å². The number of halogens is 2. The Hall–Kier alpha value is -3.14. The Bertz CT molecular complexity index is 1100. The molecule has 2 saturated heterocycles. The zero-order chi connectivity index (χ0) is 26.6. The van der Waals surface area contributed by atoms with Gasteiger partial charge in [-0.15, -0.1) is 0 Å². The van der Waals surface area contributed by atoms with E-state index in [2.05, 4.69) is 14.9 Å². The van der Waals surface area contributed by atoms with Gasteiger partial charge >= 0.3 is 0 Å². The molecule has 2 aliphatic heterocycles. The monoisotopic (exact) mass is 515 g/mol. The van der Waals surface area contributed by atoms with Gasteiger partial charge in [0.2, 0.25) is 11.8 Å². The lowest BCUT2D eigenvalue weighted by molar-refractivity contribution is -0.123. The summed E-state index contributed by atoms with van der Waals surface area (Å²) in [5.41, 5.74) is 4.95. The molecule has 1 atom stereocenters. The van der Waals surface area contributed by atoms with Gasteiger partial charge in [0, 0.05) is 24.2 Å². The third kappa shape index (κ3) is 7.00. The first-order valence-electron chi connectivity index (χ1n) is 12.9. The number of hydrogen-bond acceptors (Lipinski definition) is 6. The second-order valence-electron chi connectivity index (χ2n) is 10.6. The molecule has 2 aliphatic rings. The Morgan fingerprint density at radius 3 is 2.49 bits per heavy atom. The summed E-state index contributed by atoms with van der Waals surface area (Å²) in [6, 6.07) is 3.50. The number of carbonyl (C=O) groups excluding carboxylic acids is 2. The molecule has 8 nitrogen and oxygen atoms in total. The Kier molecular flexibility index (Phi) is 8.36. The van der Waals surface area contributed by atoms with Crippen molar-refractivity contribution in [1.82, 2.24) is 19.8 Å². The van der Waals surface area contributed by atoms with Crippen molar-refractivity contribution in [3.63, 3.8) is 0 Å². The summed E-state index contributed by atoms with van der Waals surface area (Å²) < 4.78 is 34.6. The lowest BCUT2D eigenvalue weighted by Gasteiger charge is -2.34. The predicted octanol–water partition coefficient (Wildman–Crippen LogP) is 3.60. The van der Waals surface area contributed by atoms with Gasteiger partial charge in [0.1, 0.15) is 17.5 Å². The first-order valence-corrected chi connectivity index (χ1v) is 12.9. The molecule has 1 aromatic carbocycles. The van der Waals surface area contributed by atoms with E-state index in [0.717, 1.165) is 44.8 Å². The molecule has 2 amide bonds. The summed E-state index contributed by atoms with van der Waals surface area (Å²) in [6.45, 7) is 6.22. The van der Waals surface area contributed by atoms with Crippen LogP contribution < -0.4 is 10.5 Å². The summed E-state index contributed by atoms with van der Waals surface area (Å²) >= 11 is 0. The number of ether oxygens (including phenoxy) is 1. The lowest BCUT2D eigenvalue weighted by atomic mass is 9.97. The molecule has 0 radical (unpaired) electrons. The fourth-order valence-electron chi connectivity index (χ4n) is 5.07. The van der Waals surface area contributed by atoms with Gasteiger partial charge in [0.25, 0.3) is 5.91 Å². The Morgan fingerprint density at radius 2 is 1.86 bits per heavy atom. The molecule has 0 saturated carbocycles. The van der Waals surface area contributed by atoms with Crippen molar-refractivity contribution in [2.24, 2.45) is 11.7 Å². The summed E-state index contributed by atoms with van der Waals surface area (Å²) in [7, 11) is 0. The van der Waals surface area contributed by atoms with Crippen LogP contribution in [0, 0.1) is 11.7 Å². The van der Waals surface area contributed by atoms with E-state index in [4.69, 9.17) is 10.5 Å². The van der Waals surface area contributed by atoms with Crippen LogP contribution in [0.2, 0.25) is 0 Å². The van der Waals surface area contributed by atoms with Crippen molar-refractivity contribution < 1.29 is 23.1 Å². The van der Waals surface area contributed by atoms with Crippen LogP contribution in [-0.2, 0) is 4.79 Å². The summed E-state index contributed by atoms with van der Waals surface area (Å²) in [4.78, 5) is 36.8. The highest BCUT2D eigenvalue weighted by atomic mass is 19.1. The third-order valence-electron chi connectivity index (χ3n) is 6.99. The maximum Gasteiger partial charge on any atom is 0.254 e. The highest BCUT2D eigenvalue weighted by Crippen LogP contribution is 2.26. The van der Waals surface area contributed by atoms with E-state index in [9.17, 15) is 18.4 Å². The van der Waals surface area contributed by atoms with Gasteiger partial charge in [-0.2, -0.15) is 0 Å². The van der Waals surface area contributed by atoms with Gasteiger partial charge in [-0.1, -0.05) is 0 Å². The Balaban J connectivity index is 1.33. The number of benzene rings is 1. The van der Waals surface area contributed by atoms with Crippen LogP contribution in [0.5, 0.6) is 5.88 Å². The minimum absolute atomic E-state index is 0.156. The van der Waals surface area contributed by atoms with Gasteiger partial charge in [0.05, 0.1) is 24.7 Å². The Morgan fingerprint density at radius 1 is 1.11 bits per heavy atom. The number of carbonyl (C=O) groups is 2. The van der Waals surface area contributed by atoms with Crippen LogP contribution in [-0.4, -0.2) is 76.1 Å². The molecule has 10 heteroatoms. The van der Waals surface area contributed by atoms with Crippen LogP contribution in [0.3, 0.4) is 0 Å². The molecular weight excluding hydrogens is 480 g/mol. The fourth-order valence-corrected chi connectivity index (χ4v) is 5.07. The van der Waals surface area contributed by atoms with Crippen LogP contribution in [0.25, 0.3) is 11.3 Å². The number of nitrogens with two attached hydrogens (primary N) is 1. The van der Waals surface area contributed by atoms with Crippen molar-refractivity contribution in [3.8, 4) is 17.1 Å². The summed E-state index contributed by atoms with van der Waals surface area (Å²) in [5.74, 6) is -0.857. The zero-order valence-corrected chi connectivity index (χ0v) is 21.5. The van der Waals surface area contributed by atoms with Crippen molar-refractivity contribution in [1.29, 1.82) is 0 Å². The fraction of sp³-hybridized carbons (Fsp3) is 0.556. The molecule has 1 aromatic heterocycles. The minimum atomic E-state index is -1.20.